The second-order valence-corrected chi connectivity index (χ2v) is 2.00. The highest BCUT2D eigenvalue weighted by Crippen LogP contribution is 2.19. The molecule has 0 aromatic heterocycles. The first kappa shape index (κ1) is 10.3. The number of hydrazine groups is 1. The van der Waals surface area contributed by atoms with Crippen molar-refractivity contribution in [3.8, 4) is 0 Å². The normalized spacial score (nSPS) is 15.5. The standard InChI is InChI=1S/C2N8.CH6N4/c3-1(4-8-7-3)2-5-9-10-6-2;2-1(3)5-4/h;4H2,(H4,2,3,5)/p+1. The van der Waals surface area contributed by atoms with Gasteiger partial charge in [-0.1, -0.05) is 0 Å². The van der Waals surface area contributed by atoms with E-state index in [1.54, 1.807) is 0 Å². The highest BCUT2D eigenvalue weighted by Gasteiger charge is 2.10. The van der Waals surface area contributed by atoms with Crippen LogP contribution in [0.15, 0.2) is 53.0 Å². The molecule has 12 heteroatoms. The van der Waals surface area contributed by atoms with Gasteiger partial charge in [-0.15, -0.1) is 20.5 Å². The SMILES string of the molecule is N1=NC(=C2N=NN=N2)N=N1.N[NH+]=C(N)N. The zero-order chi connectivity index (χ0) is 11.1. The van der Waals surface area contributed by atoms with Crippen molar-refractivity contribution in [1.29, 1.82) is 0 Å². The van der Waals surface area contributed by atoms with Gasteiger partial charge in [-0.05, 0) is 20.9 Å². The molecule has 0 atom stereocenters. The summed E-state index contributed by atoms with van der Waals surface area (Å²) >= 11 is 0. The Balaban J connectivity index is 0.000000195. The van der Waals surface area contributed by atoms with E-state index in [-0.39, 0.29) is 17.6 Å². The molecular weight excluding hydrogens is 204 g/mol. The first-order valence-electron chi connectivity index (χ1n) is 3.46. The molecule has 7 N–H and O–H groups in total. The van der Waals surface area contributed by atoms with E-state index in [0.29, 0.717) is 0 Å². The van der Waals surface area contributed by atoms with Crippen LogP contribution >= 0.6 is 0 Å². The summed E-state index contributed by atoms with van der Waals surface area (Å²) in [6.07, 6.45) is 0. The molecule has 12 nitrogen and oxygen atoms in total. The molecule has 0 unspecified atom stereocenters. The molecule has 2 aliphatic heterocycles. The van der Waals surface area contributed by atoms with Crippen LogP contribution < -0.4 is 22.4 Å². The molecule has 0 saturated carbocycles. The predicted octanol–water partition coefficient (Wildman–Crippen LogP) is -2.01. The van der Waals surface area contributed by atoms with Crippen LogP contribution in [0.25, 0.3) is 0 Å². The lowest BCUT2D eigenvalue weighted by atomic mass is 10.7. The number of hydrazone groups is 1. The lowest BCUT2D eigenvalue weighted by Gasteiger charge is -1.79. The minimum Gasteiger partial charge on any atom is -0.296 e. The van der Waals surface area contributed by atoms with Crippen molar-refractivity contribution >= 4 is 5.96 Å². The van der Waals surface area contributed by atoms with Gasteiger partial charge in [-0.3, -0.25) is 17.3 Å². The summed E-state index contributed by atoms with van der Waals surface area (Å²) in [7, 11) is 0. The summed E-state index contributed by atoms with van der Waals surface area (Å²) in [5.74, 6) is 5.15. The second kappa shape index (κ2) is 5.05. The Morgan fingerprint density at radius 2 is 1.07 bits per heavy atom. The lowest BCUT2D eigenvalue weighted by Crippen LogP contribution is -2.84. The van der Waals surface area contributed by atoms with E-state index in [1.165, 1.54) is 0 Å². The maximum absolute atomic E-state index is 4.75. The van der Waals surface area contributed by atoms with Crippen LogP contribution in [0, 0.1) is 0 Å². The lowest BCUT2D eigenvalue weighted by molar-refractivity contribution is -0.471. The van der Waals surface area contributed by atoms with Gasteiger partial charge in [0.15, 0.2) is 0 Å². The van der Waals surface area contributed by atoms with Crippen molar-refractivity contribution in [2.45, 2.75) is 0 Å². The van der Waals surface area contributed by atoms with Gasteiger partial charge in [0.25, 0.3) is 0 Å². The van der Waals surface area contributed by atoms with Crippen molar-refractivity contribution in [3.63, 3.8) is 0 Å². The molecule has 0 aromatic rings. The summed E-state index contributed by atoms with van der Waals surface area (Å²) in [4.78, 5) is 0. The zero-order valence-electron chi connectivity index (χ0n) is 7.31. The second-order valence-electron chi connectivity index (χ2n) is 2.00. The van der Waals surface area contributed by atoms with E-state index in [2.05, 4.69) is 47.2 Å². The molecule has 0 spiro atoms. The van der Waals surface area contributed by atoms with Crippen molar-refractivity contribution in [2.75, 3.05) is 0 Å². The van der Waals surface area contributed by atoms with E-state index < -0.39 is 0 Å². The molecule has 0 aliphatic carbocycles. The number of hydrogen-bond donors (Lipinski definition) is 4. The Bertz CT molecular complexity index is 331. The summed E-state index contributed by atoms with van der Waals surface area (Å²) in [6.45, 7) is 0. The van der Waals surface area contributed by atoms with Gasteiger partial charge in [-0.25, -0.2) is 0 Å². The van der Waals surface area contributed by atoms with Crippen molar-refractivity contribution in [1.82, 2.24) is 0 Å². The number of nitrogens with zero attached hydrogens (tertiary/aromatic N) is 8. The van der Waals surface area contributed by atoms with Crippen LogP contribution in [0.3, 0.4) is 0 Å². The Labute approximate surface area is 82.4 Å². The monoisotopic (exact) mass is 211 g/mol. The average Bonchev–Trinajstić information content (AvgIpc) is 2.90. The van der Waals surface area contributed by atoms with E-state index in [9.17, 15) is 0 Å². The van der Waals surface area contributed by atoms with Crippen LogP contribution in [0.2, 0.25) is 0 Å². The highest BCUT2D eigenvalue weighted by molar-refractivity contribution is 5.68. The number of nitrogens with one attached hydrogen (secondary N) is 1. The Morgan fingerprint density at radius 3 is 1.27 bits per heavy atom. The van der Waals surface area contributed by atoms with E-state index in [1.807, 2.05) is 5.10 Å². The molecule has 2 aliphatic rings. The Morgan fingerprint density at radius 1 is 0.800 bits per heavy atom. The average molecular weight is 211 g/mol. The number of rotatable bonds is 0. The van der Waals surface area contributed by atoms with E-state index in [0.717, 1.165) is 0 Å². The molecule has 0 amide bonds. The molecule has 15 heavy (non-hydrogen) atoms. The highest BCUT2D eigenvalue weighted by atomic mass is 15.6. The van der Waals surface area contributed by atoms with E-state index >= 15 is 0 Å². The number of nitrogens with two attached hydrogens (primary N) is 3. The topological polar surface area (TPSA) is 191 Å². The first-order valence-corrected chi connectivity index (χ1v) is 3.46. The zero-order valence-corrected chi connectivity index (χ0v) is 7.31. The minimum atomic E-state index is 0.0324. The van der Waals surface area contributed by atoms with Gasteiger partial charge in [0.2, 0.25) is 11.6 Å². The molecule has 0 saturated heterocycles. The van der Waals surface area contributed by atoms with Gasteiger partial charge in [0, 0.05) is 0 Å². The molecule has 2 rings (SSSR count). The van der Waals surface area contributed by atoms with Crippen molar-refractivity contribution < 1.29 is 5.10 Å². The summed E-state index contributed by atoms with van der Waals surface area (Å²) < 4.78 is 0. The van der Waals surface area contributed by atoms with Crippen LogP contribution in [0.4, 0.5) is 0 Å². The van der Waals surface area contributed by atoms with Crippen LogP contribution in [0.5, 0.6) is 0 Å². The number of guanidine groups is 1. The minimum absolute atomic E-state index is 0.0324. The molecule has 2 heterocycles. The molecule has 0 radical (unpaired) electrons. The molecule has 78 valence electrons. The predicted molar refractivity (Wildman–Crippen MR) is 45.0 cm³/mol. The van der Waals surface area contributed by atoms with Gasteiger partial charge < -0.3 is 0 Å². The fourth-order valence-electron chi connectivity index (χ4n) is 0.468. The smallest absolute Gasteiger partial charge is 0.296 e. The molecule has 0 bridgehead atoms. The maximum atomic E-state index is 4.75. The fourth-order valence-corrected chi connectivity index (χ4v) is 0.468. The molecule has 0 aromatic carbocycles. The van der Waals surface area contributed by atoms with Crippen LogP contribution in [-0.4, -0.2) is 5.96 Å². The summed E-state index contributed by atoms with van der Waals surface area (Å²) in [5, 5.41) is 28.9. The quantitative estimate of drug-likeness (QED) is 0.156. The van der Waals surface area contributed by atoms with Crippen LogP contribution in [0.1, 0.15) is 0 Å². The third-order valence-corrected chi connectivity index (χ3v) is 1.00. The third kappa shape index (κ3) is 3.21. The summed E-state index contributed by atoms with van der Waals surface area (Å²) in [6, 6.07) is 0. The summed E-state index contributed by atoms with van der Waals surface area (Å²) in [5.41, 5.74) is 9.50. The Hall–Kier alpha value is -2.79. The third-order valence-electron chi connectivity index (χ3n) is 1.00. The maximum Gasteiger partial charge on any atom is 0.360 e. The van der Waals surface area contributed by atoms with Crippen LogP contribution in [-0.2, 0) is 0 Å². The van der Waals surface area contributed by atoms with E-state index in [4.69, 9.17) is 11.5 Å². The molecular formula is C3H7N12+. The van der Waals surface area contributed by atoms with Crippen molar-refractivity contribution in [2.24, 2.45) is 58.7 Å². The van der Waals surface area contributed by atoms with Crippen molar-refractivity contribution in [3.05, 3.63) is 11.6 Å². The van der Waals surface area contributed by atoms with Gasteiger partial charge in [-0.2, -0.15) is 5.10 Å². The Kier molecular flexibility index (Phi) is 3.47. The largest absolute Gasteiger partial charge is 0.360 e. The molecule has 0 fully saturated rings. The first-order chi connectivity index (χ1) is 7.24. The van der Waals surface area contributed by atoms with Gasteiger partial charge in [0.1, 0.15) is 0 Å². The fraction of sp³-hybridized carbons (Fsp3) is 0. The van der Waals surface area contributed by atoms with Gasteiger partial charge >= 0.3 is 5.96 Å². The number of hydrogen-bond acceptors (Lipinski definition) is 9. The van der Waals surface area contributed by atoms with Gasteiger partial charge in [0.05, 0.1) is 0 Å².